The van der Waals surface area contributed by atoms with Crippen LogP contribution in [0.4, 0.5) is 5.69 Å². The highest BCUT2D eigenvalue weighted by Crippen LogP contribution is 2.38. The zero-order chi connectivity index (χ0) is 14.8. The highest BCUT2D eigenvalue weighted by atomic mass is 35.5. The van der Waals surface area contributed by atoms with E-state index < -0.39 is 0 Å². The largest absolute Gasteiger partial charge is 0.469 e. The van der Waals surface area contributed by atoms with Gasteiger partial charge < -0.3 is 10.1 Å². The van der Waals surface area contributed by atoms with Crippen molar-refractivity contribution in [3.05, 3.63) is 64.7 Å². The third-order valence-corrected chi connectivity index (χ3v) is 4.12. The Kier molecular flexibility index (Phi) is 3.84. The lowest BCUT2D eigenvalue weighted by molar-refractivity contribution is -0.146. The molecule has 108 valence electrons. The number of fused-ring (bicyclic) bond motifs is 1. The van der Waals surface area contributed by atoms with Gasteiger partial charge in [-0.1, -0.05) is 41.9 Å². The lowest BCUT2D eigenvalue weighted by atomic mass is 9.83. The van der Waals surface area contributed by atoms with E-state index in [1.807, 2.05) is 48.5 Å². The van der Waals surface area contributed by atoms with Crippen molar-refractivity contribution in [2.75, 3.05) is 12.4 Å². The second kappa shape index (κ2) is 5.78. The summed E-state index contributed by atoms with van der Waals surface area (Å²) in [4.78, 5) is 12.2. The van der Waals surface area contributed by atoms with Crippen LogP contribution in [-0.4, -0.2) is 13.1 Å². The molecule has 0 fully saturated rings. The van der Waals surface area contributed by atoms with Crippen LogP contribution in [0.5, 0.6) is 0 Å². The fraction of sp³-hybridized carbons (Fsp3) is 0.235. The van der Waals surface area contributed by atoms with E-state index in [9.17, 15) is 4.79 Å². The Balaban J connectivity index is 2.01. The summed E-state index contributed by atoms with van der Waals surface area (Å²) in [5.74, 6) is -0.467. The molecule has 3 rings (SSSR count). The number of esters is 1. The fourth-order valence-electron chi connectivity index (χ4n) is 2.84. The van der Waals surface area contributed by atoms with E-state index in [0.717, 1.165) is 16.8 Å². The molecule has 0 aliphatic carbocycles. The number of ether oxygens (including phenoxy) is 1. The maximum absolute atomic E-state index is 12.2. The number of carbonyl (C=O) groups excluding carboxylic acids is 1. The number of rotatable bonds is 2. The Morgan fingerprint density at radius 3 is 2.71 bits per heavy atom. The van der Waals surface area contributed by atoms with Crippen LogP contribution in [0.3, 0.4) is 0 Å². The number of carbonyl (C=O) groups is 1. The SMILES string of the molecule is COC(=O)[C@H]1Cc2cc(Cl)ccc2N[C@H]1c1ccccc1. The van der Waals surface area contributed by atoms with Crippen molar-refractivity contribution < 1.29 is 9.53 Å². The predicted octanol–water partition coefficient (Wildman–Crippen LogP) is 3.84. The number of halogens is 1. The molecule has 0 spiro atoms. The topological polar surface area (TPSA) is 38.3 Å². The summed E-state index contributed by atoms with van der Waals surface area (Å²) >= 11 is 6.05. The van der Waals surface area contributed by atoms with Crippen LogP contribution in [0, 0.1) is 5.92 Å². The summed E-state index contributed by atoms with van der Waals surface area (Å²) in [7, 11) is 1.43. The molecule has 3 nitrogen and oxygen atoms in total. The van der Waals surface area contributed by atoms with E-state index in [1.54, 1.807) is 0 Å². The van der Waals surface area contributed by atoms with Crippen LogP contribution in [0.15, 0.2) is 48.5 Å². The first-order valence-electron chi connectivity index (χ1n) is 6.87. The van der Waals surface area contributed by atoms with Crippen LogP contribution < -0.4 is 5.32 Å². The van der Waals surface area contributed by atoms with Crippen molar-refractivity contribution in [2.45, 2.75) is 12.5 Å². The molecule has 0 bridgehead atoms. The number of benzene rings is 2. The molecule has 0 unspecified atom stereocenters. The average molecular weight is 302 g/mol. The molecular formula is C17H16ClNO2. The molecule has 0 radical (unpaired) electrons. The highest BCUT2D eigenvalue weighted by molar-refractivity contribution is 6.30. The molecule has 4 heteroatoms. The van der Waals surface area contributed by atoms with E-state index in [1.165, 1.54) is 7.11 Å². The van der Waals surface area contributed by atoms with E-state index >= 15 is 0 Å². The zero-order valence-corrected chi connectivity index (χ0v) is 12.4. The summed E-state index contributed by atoms with van der Waals surface area (Å²) < 4.78 is 4.97. The first-order chi connectivity index (χ1) is 10.2. The summed E-state index contributed by atoms with van der Waals surface area (Å²) in [5.41, 5.74) is 3.15. The minimum absolute atomic E-state index is 0.0904. The van der Waals surface area contributed by atoms with Gasteiger partial charge in [0.25, 0.3) is 0 Å². The summed E-state index contributed by atoms with van der Waals surface area (Å²) in [6, 6.07) is 15.6. The quantitative estimate of drug-likeness (QED) is 0.857. The zero-order valence-electron chi connectivity index (χ0n) is 11.7. The Labute approximate surface area is 128 Å². The minimum atomic E-state index is -0.261. The second-order valence-corrected chi connectivity index (χ2v) is 5.60. The average Bonchev–Trinajstić information content (AvgIpc) is 2.53. The van der Waals surface area contributed by atoms with Crippen molar-refractivity contribution in [2.24, 2.45) is 5.92 Å². The summed E-state index contributed by atoms with van der Waals surface area (Å²) in [6.07, 6.45) is 0.620. The molecular weight excluding hydrogens is 286 g/mol. The van der Waals surface area contributed by atoms with Crippen molar-refractivity contribution in [1.82, 2.24) is 0 Å². The van der Waals surface area contributed by atoms with Gasteiger partial charge in [0.15, 0.2) is 0 Å². The predicted molar refractivity (Wildman–Crippen MR) is 83.5 cm³/mol. The maximum Gasteiger partial charge on any atom is 0.311 e. The third-order valence-electron chi connectivity index (χ3n) is 3.88. The van der Waals surface area contributed by atoms with Gasteiger partial charge in [-0.05, 0) is 35.7 Å². The minimum Gasteiger partial charge on any atom is -0.469 e. The second-order valence-electron chi connectivity index (χ2n) is 5.17. The number of methoxy groups -OCH3 is 1. The summed E-state index contributed by atoms with van der Waals surface area (Å²) in [6.45, 7) is 0. The Morgan fingerprint density at radius 2 is 2.00 bits per heavy atom. The lowest BCUT2D eigenvalue weighted by Gasteiger charge is -2.33. The molecule has 2 atom stereocenters. The molecule has 0 saturated heterocycles. The molecule has 0 aromatic heterocycles. The first-order valence-corrected chi connectivity index (χ1v) is 7.24. The molecule has 21 heavy (non-hydrogen) atoms. The Hall–Kier alpha value is -2.00. The molecule has 1 N–H and O–H groups in total. The van der Waals surface area contributed by atoms with Crippen molar-refractivity contribution in [3.8, 4) is 0 Å². The van der Waals surface area contributed by atoms with Gasteiger partial charge >= 0.3 is 5.97 Å². The van der Waals surface area contributed by atoms with Gasteiger partial charge in [0.2, 0.25) is 0 Å². The van der Waals surface area contributed by atoms with Gasteiger partial charge in [0.05, 0.1) is 19.1 Å². The van der Waals surface area contributed by atoms with Crippen LogP contribution >= 0.6 is 11.6 Å². The molecule has 0 saturated carbocycles. The third kappa shape index (κ3) is 2.74. The monoisotopic (exact) mass is 301 g/mol. The normalized spacial score (nSPS) is 20.3. The molecule has 1 aliphatic heterocycles. The van der Waals surface area contributed by atoms with E-state index in [2.05, 4.69) is 5.32 Å². The number of anilines is 1. The van der Waals surface area contributed by atoms with Crippen LogP contribution in [0.25, 0.3) is 0 Å². The van der Waals surface area contributed by atoms with Gasteiger partial charge in [-0.3, -0.25) is 4.79 Å². The molecule has 2 aromatic rings. The first kappa shape index (κ1) is 14.0. The van der Waals surface area contributed by atoms with Crippen LogP contribution in [0.2, 0.25) is 5.02 Å². The van der Waals surface area contributed by atoms with Gasteiger partial charge in [0.1, 0.15) is 0 Å². The van der Waals surface area contributed by atoms with Crippen LogP contribution in [0.1, 0.15) is 17.2 Å². The van der Waals surface area contributed by atoms with Gasteiger partial charge in [-0.2, -0.15) is 0 Å². The number of hydrogen-bond donors (Lipinski definition) is 1. The van der Waals surface area contributed by atoms with E-state index in [4.69, 9.17) is 16.3 Å². The standard InChI is InChI=1S/C17H16ClNO2/c1-21-17(20)14-10-12-9-13(18)7-8-15(12)19-16(14)11-5-3-2-4-6-11/h2-9,14,16,19H,10H2,1H3/t14-,16-/m0/s1. The number of hydrogen-bond acceptors (Lipinski definition) is 3. The molecule has 1 heterocycles. The Bertz CT molecular complexity index is 657. The van der Waals surface area contributed by atoms with Gasteiger partial charge in [-0.25, -0.2) is 0 Å². The lowest BCUT2D eigenvalue weighted by Crippen LogP contribution is -2.34. The number of nitrogens with one attached hydrogen (secondary N) is 1. The highest BCUT2D eigenvalue weighted by Gasteiger charge is 2.35. The van der Waals surface area contributed by atoms with Gasteiger partial charge in [-0.15, -0.1) is 0 Å². The molecule has 1 aliphatic rings. The van der Waals surface area contributed by atoms with Crippen molar-refractivity contribution in [3.63, 3.8) is 0 Å². The smallest absolute Gasteiger partial charge is 0.311 e. The van der Waals surface area contributed by atoms with Crippen molar-refractivity contribution in [1.29, 1.82) is 0 Å². The van der Waals surface area contributed by atoms with E-state index in [-0.39, 0.29) is 17.9 Å². The fourth-order valence-corrected chi connectivity index (χ4v) is 3.04. The molecule has 2 aromatic carbocycles. The molecule has 0 amide bonds. The maximum atomic E-state index is 12.2. The Morgan fingerprint density at radius 1 is 1.24 bits per heavy atom. The van der Waals surface area contributed by atoms with Crippen molar-refractivity contribution >= 4 is 23.3 Å². The van der Waals surface area contributed by atoms with E-state index in [0.29, 0.717) is 11.4 Å². The van der Waals surface area contributed by atoms with Gasteiger partial charge in [0, 0.05) is 10.7 Å². The van der Waals surface area contributed by atoms with Crippen LogP contribution in [-0.2, 0) is 16.0 Å². The summed E-state index contributed by atoms with van der Waals surface area (Å²) in [5, 5.41) is 4.12.